The number of hydrogen-bond acceptors (Lipinski definition) is 3. The first-order valence-corrected chi connectivity index (χ1v) is 6.14. The molecule has 4 heteroatoms. The number of rotatable bonds is 3. The summed E-state index contributed by atoms with van der Waals surface area (Å²) < 4.78 is 15.3. The zero-order chi connectivity index (χ0) is 8.54. The predicted octanol–water partition coefficient (Wildman–Crippen LogP) is 0.453. The van der Waals surface area contributed by atoms with Gasteiger partial charge in [0.1, 0.15) is 0 Å². The summed E-state index contributed by atoms with van der Waals surface area (Å²) in [6, 6.07) is 0. The van der Waals surface area contributed by atoms with Crippen LogP contribution in [0.3, 0.4) is 0 Å². The first-order chi connectivity index (χ1) is 4.97. The van der Waals surface area contributed by atoms with Gasteiger partial charge in [0.05, 0.1) is 6.54 Å². The molecule has 3 nitrogen and oxygen atoms in total. The SMILES string of the molecule is CS(C)(=O)=NCC1(CN)CC1. The van der Waals surface area contributed by atoms with Crippen molar-refractivity contribution in [3.05, 3.63) is 0 Å². The molecule has 11 heavy (non-hydrogen) atoms. The van der Waals surface area contributed by atoms with Crippen molar-refractivity contribution < 1.29 is 4.21 Å². The molecule has 0 saturated heterocycles. The van der Waals surface area contributed by atoms with Crippen molar-refractivity contribution in [1.82, 2.24) is 0 Å². The monoisotopic (exact) mass is 176 g/mol. The van der Waals surface area contributed by atoms with Crippen molar-refractivity contribution in [1.29, 1.82) is 0 Å². The van der Waals surface area contributed by atoms with Gasteiger partial charge in [-0.3, -0.25) is 4.21 Å². The van der Waals surface area contributed by atoms with E-state index in [1.54, 1.807) is 12.5 Å². The molecule has 1 saturated carbocycles. The summed E-state index contributed by atoms with van der Waals surface area (Å²) in [7, 11) is -1.91. The van der Waals surface area contributed by atoms with Crippen LogP contribution in [0.2, 0.25) is 0 Å². The van der Waals surface area contributed by atoms with Gasteiger partial charge in [-0.2, -0.15) is 0 Å². The van der Waals surface area contributed by atoms with Crippen LogP contribution in [-0.2, 0) is 9.73 Å². The molecule has 0 unspecified atom stereocenters. The van der Waals surface area contributed by atoms with Crippen molar-refractivity contribution >= 4 is 9.73 Å². The third-order valence-corrected chi connectivity index (χ3v) is 2.85. The van der Waals surface area contributed by atoms with Gasteiger partial charge in [0.25, 0.3) is 0 Å². The van der Waals surface area contributed by atoms with Crippen LogP contribution in [0.25, 0.3) is 0 Å². The molecule has 0 amide bonds. The summed E-state index contributed by atoms with van der Waals surface area (Å²) in [6.07, 6.45) is 5.64. The molecule has 2 N–H and O–H groups in total. The summed E-state index contributed by atoms with van der Waals surface area (Å²) in [4.78, 5) is 0. The Hall–Kier alpha value is -0.0900. The molecule has 1 aliphatic carbocycles. The zero-order valence-electron chi connectivity index (χ0n) is 7.17. The molecule has 0 aromatic rings. The molecular weight excluding hydrogens is 160 g/mol. The standard InChI is InChI=1S/C7H16N2OS/c1-11(2,10)9-6-7(5-8)3-4-7/h3-6,8H2,1-2H3. The largest absolute Gasteiger partial charge is 0.330 e. The zero-order valence-corrected chi connectivity index (χ0v) is 7.99. The van der Waals surface area contributed by atoms with Gasteiger partial charge in [-0.05, 0) is 19.4 Å². The average molecular weight is 176 g/mol. The third kappa shape index (κ3) is 2.79. The minimum atomic E-state index is -1.91. The third-order valence-electron chi connectivity index (χ3n) is 2.10. The van der Waals surface area contributed by atoms with Gasteiger partial charge in [0, 0.05) is 27.7 Å². The maximum absolute atomic E-state index is 11.2. The second-order valence-corrected chi connectivity index (χ2v) is 6.29. The molecule has 0 aromatic carbocycles. The van der Waals surface area contributed by atoms with Crippen molar-refractivity contribution in [2.75, 3.05) is 25.6 Å². The second-order valence-electron chi connectivity index (χ2n) is 3.67. The molecule has 1 fully saturated rings. The first-order valence-electron chi connectivity index (χ1n) is 3.80. The lowest BCUT2D eigenvalue weighted by Gasteiger charge is -2.07. The predicted molar refractivity (Wildman–Crippen MR) is 48.0 cm³/mol. The second kappa shape index (κ2) is 2.75. The highest BCUT2D eigenvalue weighted by atomic mass is 32.2. The highest BCUT2D eigenvalue weighted by molar-refractivity contribution is 7.92. The summed E-state index contributed by atoms with van der Waals surface area (Å²) in [6.45, 7) is 1.38. The highest BCUT2D eigenvalue weighted by Crippen LogP contribution is 2.44. The molecule has 0 heterocycles. The average Bonchev–Trinajstić information content (AvgIpc) is 2.63. The Labute approximate surface area is 68.5 Å². The summed E-state index contributed by atoms with van der Waals surface area (Å²) in [5.74, 6) is 0. The van der Waals surface area contributed by atoms with E-state index in [1.807, 2.05) is 0 Å². The smallest absolute Gasteiger partial charge is 0.0552 e. The molecule has 0 radical (unpaired) electrons. The van der Waals surface area contributed by atoms with E-state index in [-0.39, 0.29) is 5.41 Å². The van der Waals surface area contributed by atoms with Crippen molar-refractivity contribution in [2.24, 2.45) is 15.5 Å². The Morgan fingerprint density at radius 1 is 1.55 bits per heavy atom. The van der Waals surface area contributed by atoms with E-state index < -0.39 is 9.73 Å². The maximum Gasteiger partial charge on any atom is 0.0552 e. The van der Waals surface area contributed by atoms with E-state index in [9.17, 15) is 4.21 Å². The van der Waals surface area contributed by atoms with E-state index in [0.717, 1.165) is 12.8 Å². The number of nitrogens with zero attached hydrogens (tertiary/aromatic N) is 1. The number of nitrogens with two attached hydrogens (primary N) is 1. The van der Waals surface area contributed by atoms with E-state index in [4.69, 9.17) is 5.73 Å². The fourth-order valence-corrected chi connectivity index (χ4v) is 1.48. The summed E-state index contributed by atoms with van der Waals surface area (Å²) in [5, 5.41) is 0. The Morgan fingerprint density at radius 2 is 2.09 bits per heavy atom. The van der Waals surface area contributed by atoms with Crippen LogP contribution < -0.4 is 5.73 Å². The molecule has 66 valence electrons. The van der Waals surface area contributed by atoms with Gasteiger partial charge >= 0.3 is 0 Å². The van der Waals surface area contributed by atoms with Gasteiger partial charge < -0.3 is 5.73 Å². The highest BCUT2D eigenvalue weighted by Gasteiger charge is 2.41. The molecule has 0 aliphatic heterocycles. The van der Waals surface area contributed by atoms with Crippen LogP contribution in [-0.4, -0.2) is 29.8 Å². The molecule has 0 atom stereocenters. The fraction of sp³-hybridized carbons (Fsp3) is 1.00. The first kappa shape index (κ1) is 9.00. The van der Waals surface area contributed by atoms with E-state index >= 15 is 0 Å². The number of hydrogen-bond donors (Lipinski definition) is 1. The van der Waals surface area contributed by atoms with Crippen molar-refractivity contribution in [2.45, 2.75) is 12.8 Å². The normalized spacial score (nSPS) is 21.4. The lowest BCUT2D eigenvalue weighted by atomic mass is 10.1. The Balaban J connectivity index is 2.51. The van der Waals surface area contributed by atoms with Crippen molar-refractivity contribution in [3.63, 3.8) is 0 Å². The molecule has 1 aliphatic rings. The van der Waals surface area contributed by atoms with Crippen LogP contribution in [0.5, 0.6) is 0 Å². The lowest BCUT2D eigenvalue weighted by Crippen LogP contribution is -2.19. The summed E-state index contributed by atoms with van der Waals surface area (Å²) in [5.41, 5.74) is 5.78. The molecule has 1 rings (SSSR count). The van der Waals surface area contributed by atoms with E-state index in [2.05, 4.69) is 4.36 Å². The van der Waals surface area contributed by atoms with Crippen LogP contribution in [0, 0.1) is 5.41 Å². The fourth-order valence-electron chi connectivity index (χ4n) is 0.896. The van der Waals surface area contributed by atoms with Gasteiger partial charge in [0.15, 0.2) is 0 Å². The van der Waals surface area contributed by atoms with Crippen LogP contribution in [0.15, 0.2) is 4.36 Å². The Morgan fingerprint density at radius 3 is 2.36 bits per heavy atom. The van der Waals surface area contributed by atoms with Gasteiger partial charge in [-0.15, -0.1) is 0 Å². The van der Waals surface area contributed by atoms with Crippen LogP contribution >= 0.6 is 0 Å². The Kier molecular flexibility index (Phi) is 2.25. The van der Waals surface area contributed by atoms with E-state index in [1.165, 1.54) is 0 Å². The Bertz CT molecular complexity index is 241. The quantitative estimate of drug-likeness (QED) is 0.679. The lowest BCUT2D eigenvalue weighted by molar-refractivity contribution is 0.540. The molecule has 0 spiro atoms. The van der Waals surface area contributed by atoms with Gasteiger partial charge in [-0.1, -0.05) is 0 Å². The minimum Gasteiger partial charge on any atom is -0.330 e. The topological polar surface area (TPSA) is 55.5 Å². The van der Waals surface area contributed by atoms with Crippen LogP contribution in [0.4, 0.5) is 0 Å². The molecule has 0 bridgehead atoms. The summed E-state index contributed by atoms with van der Waals surface area (Å²) >= 11 is 0. The maximum atomic E-state index is 11.2. The van der Waals surface area contributed by atoms with E-state index in [0.29, 0.717) is 13.1 Å². The van der Waals surface area contributed by atoms with Gasteiger partial charge in [0.2, 0.25) is 0 Å². The van der Waals surface area contributed by atoms with Crippen molar-refractivity contribution in [3.8, 4) is 0 Å². The van der Waals surface area contributed by atoms with Gasteiger partial charge in [-0.25, -0.2) is 4.36 Å². The van der Waals surface area contributed by atoms with Crippen LogP contribution in [0.1, 0.15) is 12.8 Å². The molecule has 0 aromatic heterocycles. The molecular formula is C7H16N2OS. The minimum absolute atomic E-state index is 0.231.